The number of pyridine rings is 1. The Morgan fingerprint density at radius 1 is 1.03 bits per heavy atom. The highest BCUT2D eigenvalue weighted by molar-refractivity contribution is 14.0. The Bertz CT molecular complexity index is 1010. The van der Waals surface area contributed by atoms with Crippen molar-refractivity contribution < 1.29 is 14.2 Å². The Kier molecular flexibility index (Phi) is 8.34. The van der Waals surface area contributed by atoms with Crippen molar-refractivity contribution in [3.05, 3.63) is 78.0 Å². The molecular formula is C23H25IN4O3. The van der Waals surface area contributed by atoms with Crippen molar-refractivity contribution in [1.82, 2.24) is 4.98 Å². The van der Waals surface area contributed by atoms with Crippen LogP contribution in [-0.4, -0.2) is 24.2 Å². The maximum Gasteiger partial charge on any atom is 0.218 e. The van der Waals surface area contributed by atoms with Crippen molar-refractivity contribution in [3.63, 3.8) is 0 Å². The monoisotopic (exact) mass is 532 g/mol. The molecule has 0 unspecified atom stereocenters. The van der Waals surface area contributed by atoms with Gasteiger partial charge in [0.15, 0.2) is 17.5 Å². The van der Waals surface area contributed by atoms with Gasteiger partial charge in [-0.05, 0) is 23.8 Å². The summed E-state index contributed by atoms with van der Waals surface area (Å²) in [6.45, 7) is 2.08. The molecule has 8 heteroatoms. The van der Waals surface area contributed by atoms with Crippen LogP contribution in [0, 0.1) is 0 Å². The number of aromatic nitrogens is 1. The van der Waals surface area contributed by atoms with Crippen LogP contribution in [0.15, 0.2) is 71.9 Å². The van der Waals surface area contributed by atoms with E-state index in [0.717, 1.165) is 29.0 Å². The summed E-state index contributed by atoms with van der Waals surface area (Å²) < 4.78 is 17.2. The fourth-order valence-electron chi connectivity index (χ4n) is 3.00. The summed E-state index contributed by atoms with van der Waals surface area (Å²) in [7, 11) is 0. The average molecular weight is 532 g/mol. The molecule has 0 fully saturated rings. The van der Waals surface area contributed by atoms with Crippen LogP contribution in [0.1, 0.15) is 17.5 Å². The molecule has 0 saturated heterocycles. The molecular weight excluding hydrogens is 507 g/mol. The maximum absolute atomic E-state index is 6.08. The molecule has 1 aromatic heterocycles. The molecule has 1 aliphatic heterocycles. The smallest absolute Gasteiger partial charge is 0.218 e. The van der Waals surface area contributed by atoms with E-state index in [0.29, 0.717) is 44.0 Å². The molecule has 7 nitrogen and oxygen atoms in total. The van der Waals surface area contributed by atoms with E-state index < -0.39 is 0 Å². The molecule has 3 aromatic rings. The minimum Gasteiger partial charge on any atom is -0.490 e. The van der Waals surface area contributed by atoms with Gasteiger partial charge in [0, 0.05) is 29.9 Å². The van der Waals surface area contributed by atoms with E-state index in [2.05, 4.69) is 15.3 Å². The number of fused-ring (bicyclic) bond motifs is 1. The highest BCUT2D eigenvalue weighted by Gasteiger charge is 2.11. The van der Waals surface area contributed by atoms with Gasteiger partial charge in [0.05, 0.1) is 19.8 Å². The van der Waals surface area contributed by atoms with E-state index in [1.807, 2.05) is 60.7 Å². The minimum atomic E-state index is 0. The van der Waals surface area contributed by atoms with Gasteiger partial charge in [-0.3, -0.25) is 0 Å². The van der Waals surface area contributed by atoms with Gasteiger partial charge in [0.25, 0.3) is 0 Å². The number of ether oxygens (including phenoxy) is 3. The third-order valence-corrected chi connectivity index (χ3v) is 4.51. The predicted molar refractivity (Wildman–Crippen MR) is 131 cm³/mol. The molecule has 3 N–H and O–H groups in total. The van der Waals surface area contributed by atoms with Crippen molar-refractivity contribution >= 4 is 35.6 Å². The standard InChI is InChI=1S/C23H24N4O3.HI/c24-23(27-19-9-10-20-21(14-19)29-13-5-12-28-20)26-15-18-8-4-11-25-22(18)30-16-17-6-2-1-3-7-17;/h1-4,6-11,14H,5,12-13,15-16H2,(H3,24,26,27);1H. The number of hydrogen-bond acceptors (Lipinski definition) is 5. The van der Waals surface area contributed by atoms with Crippen LogP contribution in [0.5, 0.6) is 17.4 Å². The maximum atomic E-state index is 6.08. The molecule has 162 valence electrons. The molecule has 0 spiro atoms. The zero-order valence-electron chi connectivity index (χ0n) is 17.0. The number of nitrogens with zero attached hydrogens (tertiary/aromatic N) is 2. The lowest BCUT2D eigenvalue weighted by molar-refractivity contribution is 0.290. The number of hydrogen-bond donors (Lipinski definition) is 2. The summed E-state index contributed by atoms with van der Waals surface area (Å²) in [5.41, 5.74) is 8.80. The van der Waals surface area contributed by atoms with Crippen LogP contribution in [0.3, 0.4) is 0 Å². The van der Waals surface area contributed by atoms with Crippen LogP contribution in [-0.2, 0) is 13.2 Å². The highest BCUT2D eigenvalue weighted by atomic mass is 127. The van der Waals surface area contributed by atoms with Crippen molar-refractivity contribution in [3.8, 4) is 17.4 Å². The van der Waals surface area contributed by atoms with Crippen molar-refractivity contribution in [1.29, 1.82) is 0 Å². The first-order valence-corrected chi connectivity index (χ1v) is 9.85. The molecule has 4 rings (SSSR count). The summed E-state index contributed by atoms with van der Waals surface area (Å²) in [6, 6.07) is 19.4. The van der Waals surface area contributed by atoms with Gasteiger partial charge in [-0.2, -0.15) is 0 Å². The van der Waals surface area contributed by atoms with Crippen molar-refractivity contribution in [2.75, 3.05) is 18.5 Å². The molecule has 2 heterocycles. The van der Waals surface area contributed by atoms with Gasteiger partial charge in [0.2, 0.25) is 5.88 Å². The number of nitrogens with one attached hydrogen (secondary N) is 1. The highest BCUT2D eigenvalue weighted by Crippen LogP contribution is 2.32. The minimum absolute atomic E-state index is 0. The molecule has 0 amide bonds. The van der Waals surface area contributed by atoms with Crippen LogP contribution in [0.4, 0.5) is 5.69 Å². The molecule has 0 radical (unpaired) electrons. The largest absolute Gasteiger partial charge is 0.490 e. The summed E-state index contributed by atoms with van der Waals surface area (Å²) in [5, 5.41) is 3.09. The second-order valence-corrected chi connectivity index (χ2v) is 6.78. The molecule has 0 atom stereocenters. The Hall–Kier alpha value is -3.01. The van der Waals surface area contributed by atoms with Crippen LogP contribution in [0.2, 0.25) is 0 Å². The first kappa shape index (κ1) is 22.7. The Balaban J connectivity index is 0.00000272. The molecule has 1 aliphatic rings. The molecule has 0 aliphatic carbocycles. The summed E-state index contributed by atoms with van der Waals surface area (Å²) in [6.07, 6.45) is 2.56. The van der Waals surface area contributed by atoms with Crippen LogP contribution < -0.4 is 25.3 Å². The number of aliphatic imine (C=N–C) groups is 1. The first-order chi connectivity index (χ1) is 14.8. The lowest BCUT2D eigenvalue weighted by Gasteiger charge is -2.11. The lowest BCUT2D eigenvalue weighted by Crippen LogP contribution is -2.22. The Labute approximate surface area is 198 Å². The normalized spacial score (nSPS) is 13.0. The van der Waals surface area contributed by atoms with Crippen LogP contribution >= 0.6 is 24.0 Å². The summed E-state index contributed by atoms with van der Waals surface area (Å²) >= 11 is 0. The van der Waals surface area contributed by atoms with Gasteiger partial charge in [0.1, 0.15) is 6.61 Å². The van der Waals surface area contributed by atoms with E-state index in [1.165, 1.54) is 0 Å². The van der Waals surface area contributed by atoms with E-state index in [1.54, 1.807) is 6.20 Å². The number of rotatable bonds is 6. The molecule has 0 bridgehead atoms. The molecule has 2 aromatic carbocycles. The van der Waals surface area contributed by atoms with Gasteiger partial charge in [-0.25, -0.2) is 9.98 Å². The second-order valence-electron chi connectivity index (χ2n) is 6.78. The van der Waals surface area contributed by atoms with Gasteiger partial charge < -0.3 is 25.3 Å². The predicted octanol–water partition coefficient (Wildman–Crippen LogP) is 4.37. The molecule has 31 heavy (non-hydrogen) atoms. The number of nitrogens with two attached hydrogens (primary N) is 1. The Morgan fingerprint density at radius 3 is 2.68 bits per heavy atom. The van der Waals surface area contributed by atoms with E-state index >= 15 is 0 Å². The van der Waals surface area contributed by atoms with Gasteiger partial charge in [-0.1, -0.05) is 36.4 Å². The van der Waals surface area contributed by atoms with Crippen molar-refractivity contribution in [2.45, 2.75) is 19.6 Å². The number of guanidine groups is 1. The number of anilines is 1. The molecule has 0 saturated carbocycles. The zero-order valence-corrected chi connectivity index (χ0v) is 19.3. The van der Waals surface area contributed by atoms with Crippen molar-refractivity contribution in [2.24, 2.45) is 10.7 Å². The fourth-order valence-corrected chi connectivity index (χ4v) is 3.00. The van der Waals surface area contributed by atoms with E-state index in [9.17, 15) is 0 Å². The third kappa shape index (κ3) is 6.48. The lowest BCUT2D eigenvalue weighted by atomic mass is 10.2. The third-order valence-electron chi connectivity index (χ3n) is 4.51. The fraction of sp³-hybridized carbons (Fsp3) is 0.217. The van der Waals surface area contributed by atoms with Crippen LogP contribution in [0.25, 0.3) is 0 Å². The first-order valence-electron chi connectivity index (χ1n) is 9.85. The summed E-state index contributed by atoms with van der Waals surface area (Å²) in [5.74, 6) is 2.29. The number of benzene rings is 2. The Morgan fingerprint density at radius 2 is 1.84 bits per heavy atom. The topological polar surface area (TPSA) is 91.0 Å². The SMILES string of the molecule is I.NC(=NCc1cccnc1OCc1ccccc1)Nc1ccc2c(c1)OCCCO2. The van der Waals surface area contributed by atoms with E-state index in [-0.39, 0.29) is 24.0 Å². The average Bonchev–Trinajstić information content (AvgIpc) is 3.02. The quantitative estimate of drug-likeness (QED) is 0.279. The second kappa shape index (κ2) is 11.4. The van der Waals surface area contributed by atoms with Gasteiger partial charge >= 0.3 is 0 Å². The van der Waals surface area contributed by atoms with Gasteiger partial charge in [-0.15, -0.1) is 24.0 Å². The number of halogens is 1. The zero-order chi connectivity index (χ0) is 20.6. The van der Waals surface area contributed by atoms with E-state index in [4.69, 9.17) is 19.9 Å². The summed E-state index contributed by atoms with van der Waals surface area (Å²) in [4.78, 5) is 8.76.